The van der Waals surface area contributed by atoms with Crippen LogP contribution >= 0.6 is 0 Å². The van der Waals surface area contributed by atoms with E-state index in [1.54, 1.807) is 0 Å². The van der Waals surface area contributed by atoms with Gasteiger partial charge in [-0.05, 0) is 57.4 Å². The Labute approximate surface area is 122 Å². The highest BCUT2D eigenvalue weighted by atomic mass is 16.3. The summed E-state index contributed by atoms with van der Waals surface area (Å²) in [7, 11) is 0. The smallest absolute Gasteiger partial charge is 0.239 e. The minimum absolute atomic E-state index is 0.0326. The van der Waals surface area contributed by atoms with E-state index in [9.17, 15) is 9.90 Å². The van der Waals surface area contributed by atoms with E-state index < -0.39 is 5.60 Å². The molecule has 1 amide bonds. The van der Waals surface area contributed by atoms with Crippen LogP contribution < -0.4 is 5.32 Å². The van der Waals surface area contributed by atoms with Gasteiger partial charge < -0.3 is 15.3 Å². The first-order valence-corrected chi connectivity index (χ1v) is 8.28. The van der Waals surface area contributed by atoms with E-state index >= 15 is 0 Å². The Morgan fingerprint density at radius 2 is 2.05 bits per heavy atom. The summed E-state index contributed by atoms with van der Waals surface area (Å²) in [6, 6.07) is -0.0326. The Morgan fingerprint density at radius 3 is 2.70 bits per heavy atom. The summed E-state index contributed by atoms with van der Waals surface area (Å²) in [5, 5.41) is 14.0. The lowest BCUT2D eigenvalue weighted by atomic mass is 9.79. The molecular formula is C16H30N2O2. The maximum absolute atomic E-state index is 12.5. The lowest BCUT2D eigenvalue weighted by Crippen LogP contribution is -2.55. The number of nitrogens with zero attached hydrogens (tertiary/aromatic N) is 1. The van der Waals surface area contributed by atoms with Gasteiger partial charge in [0.1, 0.15) is 0 Å². The van der Waals surface area contributed by atoms with Gasteiger partial charge in [-0.25, -0.2) is 0 Å². The van der Waals surface area contributed by atoms with Crippen molar-refractivity contribution in [3.05, 3.63) is 0 Å². The van der Waals surface area contributed by atoms with Gasteiger partial charge >= 0.3 is 0 Å². The monoisotopic (exact) mass is 282 g/mol. The number of carbonyl (C=O) groups is 1. The van der Waals surface area contributed by atoms with Gasteiger partial charge in [-0.2, -0.15) is 0 Å². The molecule has 0 aromatic rings. The molecule has 1 atom stereocenters. The highest BCUT2D eigenvalue weighted by Crippen LogP contribution is 2.33. The summed E-state index contributed by atoms with van der Waals surface area (Å²) in [6.45, 7) is 6.59. The summed E-state index contributed by atoms with van der Waals surface area (Å²) in [4.78, 5) is 14.4. The van der Waals surface area contributed by atoms with E-state index in [1.165, 1.54) is 0 Å². The van der Waals surface area contributed by atoms with Crippen LogP contribution in [0.2, 0.25) is 0 Å². The van der Waals surface area contributed by atoms with E-state index in [-0.39, 0.29) is 11.9 Å². The predicted octanol–water partition coefficient (Wildman–Crippen LogP) is 1.92. The number of nitrogens with one attached hydrogen (secondary N) is 1. The van der Waals surface area contributed by atoms with Crippen molar-refractivity contribution in [3.63, 3.8) is 0 Å². The molecule has 2 aliphatic rings. The van der Waals surface area contributed by atoms with E-state index in [1.807, 2.05) is 4.90 Å². The summed E-state index contributed by atoms with van der Waals surface area (Å²) in [6.07, 6.45) is 6.86. The van der Waals surface area contributed by atoms with E-state index in [2.05, 4.69) is 19.2 Å². The minimum atomic E-state index is -0.644. The number of hydrogen-bond acceptors (Lipinski definition) is 3. The van der Waals surface area contributed by atoms with Crippen LogP contribution in [0.4, 0.5) is 0 Å². The molecule has 1 aliphatic carbocycles. The van der Waals surface area contributed by atoms with Gasteiger partial charge in [0.25, 0.3) is 0 Å². The quantitative estimate of drug-likeness (QED) is 0.810. The van der Waals surface area contributed by atoms with Gasteiger partial charge in [0.15, 0.2) is 0 Å². The zero-order valence-electron chi connectivity index (χ0n) is 13.0. The fourth-order valence-electron chi connectivity index (χ4n) is 3.42. The molecule has 4 heteroatoms. The van der Waals surface area contributed by atoms with Gasteiger partial charge in [-0.15, -0.1) is 0 Å². The fourth-order valence-corrected chi connectivity index (χ4v) is 3.42. The molecule has 116 valence electrons. The number of likely N-dealkylation sites (tertiary alicyclic amines) is 1. The molecule has 1 aliphatic heterocycles. The standard InChI is InChI=1S/C16H30N2O2/c1-3-10-17-14-5-4-11-18(15(14)19)12-16(20)8-6-13(2)7-9-16/h13-14,17,20H,3-12H2,1-2H3. The first-order chi connectivity index (χ1) is 9.54. The Bertz CT molecular complexity index is 324. The topological polar surface area (TPSA) is 52.6 Å². The third-order valence-electron chi connectivity index (χ3n) is 4.86. The van der Waals surface area contributed by atoms with Gasteiger partial charge in [-0.3, -0.25) is 4.79 Å². The van der Waals surface area contributed by atoms with Crippen molar-refractivity contribution in [1.29, 1.82) is 0 Å². The molecular weight excluding hydrogens is 252 g/mol. The highest BCUT2D eigenvalue weighted by Gasteiger charge is 2.37. The Hall–Kier alpha value is -0.610. The number of β-amino-alcohol motifs (C(OH)–C–C–N with tert-alkyl or cyclic N) is 1. The SMILES string of the molecule is CCCNC1CCCN(CC2(O)CCC(C)CC2)C1=O. The largest absolute Gasteiger partial charge is 0.388 e. The zero-order valence-corrected chi connectivity index (χ0v) is 13.0. The number of piperidine rings is 1. The van der Waals surface area contributed by atoms with Gasteiger partial charge in [0, 0.05) is 13.1 Å². The molecule has 2 N–H and O–H groups in total. The van der Waals surface area contributed by atoms with Crippen LogP contribution in [0.3, 0.4) is 0 Å². The maximum Gasteiger partial charge on any atom is 0.239 e. The van der Waals surface area contributed by atoms with Crippen LogP contribution in [-0.2, 0) is 4.79 Å². The molecule has 0 radical (unpaired) electrons. The summed E-state index contributed by atoms with van der Waals surface area (Å²) < 4.78 is 0. The van der Waals surface area contributed by atoms with Crippen molar-refractivity contribution in [2.24, 2.45) is 5.92 Å². The van der Waals surface area contributed by atoms with Gasteiger partial charge in [0.2, 0.25) is 5.91 Å². The van der Waals surface area contributed by atoms with Gasteiger partial charge in [0.05, 0.1) is 11.6 Å². The number of hydrogen-bond donors (Lipinski definition) is 2. The molecule has 0 aromatic heterocycles. The molecule has 2 rings (SSSR count). The summed E-state index contributed by atoms with van der Waals surface area (Å²) in [5.74, 6) is 0.906. The molecule has 0 spiro atoms. The molecule has 1 saturated heterocycles. The zero-order chi connectivity index (χ0) is 14.6. The highest BCUT2D eigenvalue weighted by molar-refractivity contribution is 5.82. The van der Waals surface area contributed by atoms with Crippen LogP contribution in [-0.4, -0.2) is 47.2 Å². The number of amides is 1. The number of rotatable bonds is 5. The van der Waals surface area contributed by atoms with Crippen molar-refractivity contribution in [1.82, 2.24) is 10.2 Å². The van der Waals surface area contributed by atoms with E-state index in [0.29, 0.717) is 12.5 Å². The van der Waals surface area contributed by atoms with Crippen LogP contribution in [0, 0.1) is 5.92 Å². The predicted molar refractivity (Wildman–Crippen MR) is 80.5 cm³/mol. The third-order valence-corrected chi connectivity index (χ3v) is 4.86. The van der Waals surface area contributed by atoms with Crippen LogP contribution in [0.5, 0.6) is 0 Å². The van der Waals surface area contributed by atoms with Crippen molar-refractivity contribution in [2.45, 2.75) is 70.4 Å². The van der Waals surface area contributed by atoms with Crippen LogP contribution in [0.15, 0.2) is 0 Å². The third kappa shape index (κ3) is 3.95. The first kappa shape index (κ1) is 15.8. The molecule has 1 saturated carbocycles. The molecule has 4 nitrogen and oxygen atoms in total. The van der Waals surface area contributed by atoms with Crippen molar-refractivity contribution >= 4 is 5.91 Å². The Balaban J connectivity index is 1.89. The summed E-state index contributed by atoms with van der Waals surface area (Å²) >= 11 is 0. The average molecular weight is 282 g/mol. The van der Waals surface area contributed by atoms with Crippen molar-refractivity contribution in [2.75, 3.05) is 19.6 Å². The average Bonchev–Trinajstić information content (AvgIpc) is 2.44. The second-order valence-corrected chi connectivity index (χ2v) is 6.82. The van der Waals surface area contributed by atoms with Crippen LogP contribution in [0.1, 0.15) is 58.8 Å². The second-order valence-electron chi connectivity index (χ2n) is 6.82. The number of carbonyl (C=O) groups excluding carboxylic acids is 1. The van der Waals surface area contributed by atoms with Gasteiger partial charge in [-0.1, -0.05) is 13.8 Å². The lowest BCUT2D eigenvalue weighted by Gasteiger charge is -2.41. The van der Waals surface area contributed by atoms with Crippen LogP contribution in [0.25, 0.3) is 0 Å². The lowest BCUT2D eigenvalue weighted by molar-refractivity contribution is -0.141. The first-order valence-electron chi connectivity index (χ1n) is 8.28. The second kappa shape index (κ2) is 6.90. The molecule has 0 aromatic carbocycles. The number of aliphatic hydroxyl groups is 1. The molecule has 2 fully saturated rings. The molecule has 1 unspecified atom stereocenters. The molecule has 1 heterocycles. The normalized spacial score (nSPS) is 35.4. The minimum Gasteiger partial charge on any atom is -0.388 e. The van der Waals surface area contributed by atoms with Crippen molar-refractivity contribution in [3.8, 4) is 0 Å². The summed E-state index contributed by atoms with van der Waals surface area (Å²) in [5.41, 5.74) is -0.644. The maximum atomic E-state index is 12.5. The van der Waals surface area contributed by atoms with E-state index in [4.69, 9.17) is 0 Å². The molecule has 20 heavy (non-hydrogen) atoms. The Kier molecular flexibility index (Phi) is 5.44. The molecule has 0 bridgehead atoms. The fraction of sp³-hybridized carbons (Fsp3) is 0.938. The Morgan fingerprint density at radius 1 is 1.35 bits per heavy atom. The van der Waals surface area contributed by atoms with Crippen molar-refractivity contribution < 1.29 is 9.90 Å². The van der Waals surface area contributed by atoms with E-state index in [0.717, 1.165) is 58.0 Å².